The molecule has 0 N–H and O–H groups in total. The van der Waals surface area contributed by atoms with Gasteiger partial charge in [-0.2, -0.15) is 0 Å². The Kier molecular flexibility index (Phi) is 11.6. The van der Waals surface area contributed by atoms with E-state index in [0.717, 1.165) is 0 Å². The van der Waals surface area contributed by atoms with Crippen molar-refractivity contribution >= 4 is 28.3 Å². The fraction of sp³-hybridized carbons (Fsp3) is 0.826. The van der Waals surface area contributed by atoms with E-state index in [2.05, 4.69) is 65.0 Å². The van der Waals surface area contributed by atoms with Crippen LogP contribution in [0.25, 0.3) is 0 Å². The first-order chi connectivity index (χ1) is 13.6. The average Bonchev–Trinajstić information content (AvgIpc) is 2.57. The molecule has 0 saturated heterocycles. The van der Waals surface area contributed by atoms with Crippen molar-refractivity contribution in [1.82, 2.24) is 0 Å². The van der Waals surface area contributed by atoms with Gasteiger partial charge in [-0.1, -0.05) is 47.3 Å². The maximum absolute atomic E-state index is 12.7. The first kappa shape index (κ1) is 28.9. The molecule has 0 aromatic rings. The van der Waals surface area contributed by atoms with Crippen LogP contribution in [0.5, 0.6) is 0 Å². The maximum Gasteiger partial charge on any atom is 0.320 e. The van der Waals surface area contributed by atoms with Crippen LogP contribution in [0.15, 0.2) is 0 Å². The SMILES string of the molecule is CCOC(=O)C(C(=O)OCC)[C@H](CCO[Si](C)(C)C(C)(C)C)[C@H](C)C#C[Si](C)(C)C. The largest absolute Gasteiger partial charge is 0.465 e. The third kappa shape index (κ3) is 9.80. The van der Waals surface area contributed by atoms with Crippen molar-refractivity contribution in [2.75, 3.05) is 19.8 Å². The number of carbonyl (C=O) groups excluding carboxylic acids is 2. The molecule has 0 spiro atoms. The van der Waals surface area contributed by atoms with Crippen molar-refractivity contribution in [2.45, 2.75) is 85.7 Å². The smallest absolute Gasteiger partial charge is 0.320 e. The van der Waals surface area contributed by atoms with Crippen LogP contribution in [0, 0.1) is 29.2 Å². The summed E-state index contributed by atoms with van der Waals surface area (Å²) < 4.78 is 16.8. The van der Waals surface area contributed by atoms with Gasteiger partial charge in [0.2, 0.25) is 0 Å². The van der Waals surface area contributed by atoms with Crippen molar-refractivity contribution in [3.05, 3.63) is 0 Å². The lowest BCUT2D eigenvalue weighted by Crippen LogP contribution is -2.42. The molecule has 0 saturated carbocycles. The summed E-state index contributed by atoms with van der Waals surface area (Å²) in [4.78, 5) is 25.5. The first-order valence-corrected chi connectivity index (χ1v) is 17.5. The summed E-state index contributed by atoms with van der Waals surface area (Å²) in [5.74, 6) is 0.798. The Morgan fingerprint density at radius 3 is 1.77 bits per heavy atom. The minimum Gasteiger partial charge on any atom is -0.465 e. The highest BCUT2D eigenvalue weighted by atomic mass is 28.4. The van der Waals surface area contributed by atoms with E-state index >= 15 is 0 Å². The van der Waals surface area contributed by atoms with Gasteiger partial charge in [0, 0.05) is 12.5 Å². The summed E-state index contributed by atoms with van der Waals surface area (Å²) in [7, 11) is -3.53. The van der Waals surface area contributed by atoms with E-state index in [-0.39, 0.29) is 30.1 Å². The normalized spacial score (nSPS) is 14.5. The number of rotatable bonds is 10. The van der Waals surface area contributed by atoms with Crippen molar-refractivity contribution < 1.29 is 23.5 Å². The third-order valence-electron chi connectivity index (χ3n) is 5.55. The zero-order chi connectivity index (χ0) is 23.8. The Labute approximate surface area is 186 Å². The summed E-state index contributed by atoms with van der Waals surface area (Å²) in [5, 5.41) is 0.0907. The number of esters is 2. The van der Waals surface area contributed by atoms with E-state index in [9.17, 15) is 9.59 Å². The molecule has 0 heterocycles. The number of ether oxygens (including phenoxy) is 2. The molecule has 30 heavy (non-hydrogen) atoms. The zero-order valence-corrected chi connectivity index (χ0v) is 23.1. The van der Waals surface area contributed by atoms with Gasteiger partial charge in [0.1, 0.15) is 8.07 Å². The number of hydrogen-bond donors (Lipinski definition) is 0. The highest BCUT2D eigenvalue weighted by Crippen LogP contribution is 2.37. The van der Waals surface area contributed by atoms with Gasteiger partial charge in [-0.15, -0.1) is 11.5 Å². The second-order valence-electron chi connectivity index (χ2n) is 10.4. The minimum absolute atomic E-state index is 0.0907. The van der Waals surface area contributed by atoms with Gasteiger partial charge in [0.05, 0.1) is 13.2 Å². The molecule has 174 valence electrons. The minimum atomic E-state index is -1.94. The lowest BCUT2D eigenvalue weighted by atomic mass is 9.80. The topological polar surface area (TPSA) is 61.8 Å². The van der Waals surface area contributed by atoms with Crippen LogP contribution < -0.4 is 0 Å². The van der Waals surface area contributed by atoms with E-state index in [1.807, 2.05) is 6.92 Å². The molecule has 0 unspecified atom stereocenters. The molecule has 5 nitrogen and oxygen atoms in total. The highest BCUT2D eigenvalue weighted by Gasteiger charge is 2.41. The molecule has 0 aromatic carbocycles. The molecular weight excluding hydrogens is 412 g/mol. The van der Waals surface area contributed by atoms with Crippen molar-refractivity contribution in [3.63, 3.8) is 0 Å². The van der Waals surface area contributed by atoms with Gasteiger partial charge >= 0.3 is 11.9 Å². The standard InChI is InChI=1S/C23H44O5Si2/c1-12-26-21(24)20(22(25)27-13-2)19(18(3)15-17-29(7,8)9)14-16-28-30(10,11)23(4,5)6/h18-20H,12-14,16H2,1-11H3/t18-,19-/m1/s1. The Hall–Kier alpha value is -1.11. The third-order valence-corrected chi connectivity index (χ3v) is 11.0. The van der Waals surface area contributed by atoms with Crippen molar-refractivity contribution in [2.24, 2.45) is 17.8 Å². The molecule has 0 bridgehead atoms. The van der Waals surface area contributed by atoms with E-state index in [4.69, 9.17) is 13.9 Å². The van der Waals surface area contributed by atoms with Crippen LogP contribution in [0.2, 0.25) is 37.8 Å². The van der Waals surface area contributed by atoms with Crippen LogP contribution >= 0.6 is 0 Å². The van der Waals surface area contributed by atoms with Crippen LogP contribution in [-0.2, 0) is 23.5 Å². The molecule has 0 fully saturated rings. The predicted molar refractivity (Wildman–Crippen MR) is 128 cm³/mol. The van der Waals surface area contributed by atoms with Gasteiger partial charge in [-0.3, -0.25) is 9.59 Å². The summed E-state index contributed by atoms with van der Waals surface area (Å²) in [6.45, 7) is 23.9. The number of hydrogen-bond acceptors (Lipinski definition) is 5. The molecule has 0 rings (SSSR count). The average molecular weight is 457 g/mol. The lowest BCUT2D eigenvalue weighted by molar-refractivity contribution is -0.165. The van der Waals surface area contributed by atoms with Crippen LogP contribution in [0.4, 0.5) is 0 Å². The van der Waals surface area contributed by atoms with Gasteiger partial charge in [-0.25, -0.2) is 0 Å². The Morgan fingerprint density at radius 2 is 1.40 bits per heavy atom. The Morgan fingerprint density at radius 1 is 0.933 bits per heavy atom. The van der Waals surface area contributed by atoms with E-state index in [0.29, 0.717) is 13.0 Å². The molecule has 0 aliphatic carbocycles. The van der Waals surface area contributed by atoms with Crippen molar-refractivity contribution in [1.29, 1.82) is 0 Å². The molecular formula is C23H44O5Si2. The van der Waals surface area contributed by atoms with Gasteiger partial charge < -0.3 is 13.9 Å². The molecule has 7 heteroatoms. The lowest BCUT2D eigenvalue weighted by Gasteiger charge is -2.37. The van der Waals surface area contributed by atoms with Gasteiger partial charge in [0.15, 0.2) is 14.2 Å². The maximum atomic E-state index is 12.7. The predicted octanol–water partition coefficient (Wildman–Crippen LogP) is 5.27. The van der Waals surface area contributed by atoms with Gasteiger partial charge in [0.25, 0.3) is 0 Å². The Balaban J connectivity index is 5.84. The van der Waals surface area contributed by atoms with Crippen LogP contribution in [0.3, 0.4) is 0 Å². The fourth-order valence-electron chi connectivity index (χ4n) is 2.72. The van der Waals surface area contributed by atoms with Crippen LogP contribution in [0.1, 0.15) is 48.0 Å². The van der Waals surface area contributed by atoms with E-state index < -0.39 is 34.2 Å². The zero-order valence-electron chi connectivity index (χ0n) is 21.1. The fourth-order valence-corrected chi connectivity index (χ4v) is 4.44. The molecule has 0 aliphatic rings. The molecule has 0 amide bonds. The molecule has 2 atom stereocenters. The van der Waals surface area contributed by atoms with Gasteiger partial charge in [-0.05, 0) is 44.3 Å². The monoisotopic (exact) mass is 456 g/mol. The molecule has 0 aromatic heterocycles. The van der Waals surface area contributed by atoms with E-state index in [1.54, 1.807) is 13.8 Å². The summed E-state index contributed by atoms with van der Waals surface area (Å²) in [5.41, 5.74) is 3.38. The summed E-state index contributed by atoms with van der Waals surface area (Å²) in [6.07, 6.45) is 0.552. The second-order valence-corrected chi connectivity index (χ2v) is 19.9. The quantitative estimate of drug-likeness (QED) is 0.194. The first-order valence-electron chi connectivity index (χ1n) is 11.1. The van der Waals surface area contributed by atoms with E-state index in [1.165, 1.54) is 0 Å². The highest BCUT2D eigenvalue weighted by molar-refractivity contribution is 6.83. The Bertz CT molecular complexity index is 602. The molecule has 0 radical (unpaired) electrons. The summed E-state index contributed by atoms with van der Waals surface area (Å²) in [6, 6.07) is 0. The second kappa shape index (κ2) is 12.1. The summed E-state index contributed by atoms with van der Waals surface area (Å²) >= 11 is 0. The molecule has 0 aliphatic heterocycles. The number of carbonyl (C=O) groups is 2. The van der Waals surface area contributed by atoms with Crippen LogP contribution in [-0.4, -0.2) is 48.2 Å². The van der Waals surface area contributed by atoms with Crippen molar-refractivity contribution in [3.8, 4) is 11.5 Å².